The molecule has 0 aliphatic carbocycles. The molecule has 0 amide bonds. The van der Waals surface area contributed by atoms with Crippen molar-refractivity contribution in [3.05, 3.63) is 41.6 Å². The second kappa shape index (κ2) is 5.37. The van der Waals surface area contributed by atoms with E-state index in [-0.39, 0.29) is 11.2 Å². The third-order valence-corrected chi connectivity index (χ3v) is 3.01. The smallest absolute Gasteiger partial charge is 0.201 e. The molecule has 3 N–H and O–H groups in total. The van der Waals surface area contributed by atoms with Crippen molar-refractivity contribution in [2.75, 3.05) is 12.4 Å². The van der Waals surface area contributed by atoms with Gasteiger partial charge in [-0.05, 0) is 40.6 Å². The first-order valence-corrected chi connectivity index (χ1v) is 6.08. The van der Waals surface area contributed by atoms with E-state index in [2.05, 4.69) is 20.3 Å². The zero-order valence-corrected chi connectivity index (χ0v) is 11.0. The number of nitrogens with zero attached hydrogens (tertiary/aromatic N) is 2. The molecular weight excluding hydrogens is 276 g/mol. The van der Waals surface area contributed by atoms with Gasteiger partial charge in [0.2, 0.25) is 5.52 Å². The first-order valence-electron chi connectivity index (χ1n) is 6.08. The van der Waals surface area contributed by atoms with Crippen LogP contribution in [0.1, 0.15) is 0 Å². The van der Waals surface area contributed by atoms with Gasteiger partial charge < -0.3 is 15.3 Å². The van der Waals surface area contributed by atoms with Crippen LogP contribution in [0.4, 0.5) is 17.1 Å². The predicted octanol–water partition coefficient (Wildman–Crippen LogP) is 1.38. The largest absolute Gasteiger partial charge is 0.595 e. The van der Waals surface area contributed by atoms with Gasteiger partial charge in [0.1, 0.15) is 5.75 Å². The Hall–Kier alpha value is -2.68. The normalized spacial score (nSPS) is 12.3. The first-order chi connectivity index (χ1) is 10.2. The molecule has 3 rings (SSSR count). The van der Waals surface area contributed by atoms with Crippen molar-refractivity contribution >= 4 is 28.1 Å². The minimum Gasteiger partial charge on any atom is -0.595 e. The molecule has 108 valence electrons. The molecule has 3 aromatic rings. The Bertz CT molecular complexity index is 754. The number of rotatable bonds is 4. The molecule has 8 nitrogen and oxygen atoms in total. The maximum absolute atomic E-state index is 11.1. The van der Waals surface area contributed by atoms with Crippen LogP contribution in [0.2, 0.25) is 0 Å². The number of ether oxygens (including phenoxy) is 1. The van der Waals surface area contributed by atoms with Gasteiger partial charge in [0.15, 0.2) is 11.2 Å². The molecule has 0 aliphatic heterocycles. The van der Waals surface area contributed by atoms with Gasteiger partial charge in [-0.2, -0.15) is 5.23 Å². The van der Waals surface area contributed by atoms with E-state index in [1.54, 1.807) is 13.2 Å². The quantitative estimate of drug-likeness (QED) is 0.622. The summed E-state index contributed by atoms with van der Waals surface area (Å²) in [7, 11) is 1.59. The van der Waals surface area contributed by atoms with E-state index in [9.17, 15) is 5.21 Å². The minimum atomic E-state index is -1.08. The lowest BCUT2D eigenvalue weighted by Crippen LogP contribution is -2.99. The standard InChI is InChI=1S/C13H12N4O4/c1-20-9-4-2-8(3-5-9)14-10-6-7-11(17(18)19)13-12(10)15-21-16-13/h2-7,14,17-18H,1H3. The number of nitrogens with one attached hydrogen (secondary N) is 2. The Labute approximate surface area is 119 Å². The van der Waals surface area contributed by atoms with Crippen molar-refractivity contribution < 1.29 is 19.8 Å². The highest BCUT2D eigenvalue weighted by atomic mass is 16.8. The van der Waals surface area contributed by atoms with Crippen LogP contribution in [-0.4, -0.2) is 22.6 Å². The fourth-order valence-corrected chi connectivity index (χ4v) is 1.97. The maximum Gasteiger partial charge on any atom is 0.201 e. The summed E-state index contributed by atoms with van der Waals surface area (Å²) in [6, 6.07) is 10.4. The Balaban J connectivity index is 1.97. The Morgan fingerprint density at radius 2 is 1.86 bits per heavy atom. The molecule has 1 atom stereocenters. The first kappa shape index (κ1) is 13.3. The van der Waals surface area contributed by atoms with Crippen molar-refractivity contribution in [1.29, 1.82) is 0 Å². The van der Waals surface area contributed by atoms with E-state index in [0.29, 0.717) is 11.2 Å². The number of anilines is 2. The number of fused-ring (bicyclic) bond motifs is 1. The van der Waals surface area contributed by atoms with Gasteiger partial charge in [-0.3, -0.25) is 0 Å². The molecule has 0 radical (unpaired) electrons. The molecular formula is C13H12N4O4. The Morgan fingerprint density at radius 3 is 2.52 bits per heavy atom. The number of methoxy groups -OCH3 is 1. The van der Waals surface area contributed by atoms with Gasteiger partial charge in [0.25, 0.3) is 0 Å². The highest BCUT2D eigenvalue weighted by Crippen LogP contribution is 2.28. The van der Waals surface area contributed by atoms with Gasteiger partial charge in [0.05, 0.1) is 12.8 Å². The highest BCUT2D eigenvalue weighted by Gasteiger charge is 2.16. The SMILES string of the molecule is COc1ccc(Nc2ccc([NH+]([O-])O)c3nonc23)cc1. The lowest BCUT2D eigenvalue weighted by atomic mass is 10.2. The molecule has 0 bridgehead atoms. The molecule has 0 fully saturated rings. The molecule has 0 saturated heterocycles. The monoisotopic (exact) mass is 288 g/mol. The molecule has 8 heteroatoms. The summed E-state index contributed by atoms with van der Waals surface area (Å²) in [5.41, 5.74) is 2.04. The van der Waals surface area contributed by atoms with Crippen LogP contribution in [0.25, 0.3) is 11.0 Å². The molecule has 21 heavy (non-hydrogen) atoms. The summed E-state index contributed by atoms with van der Waals surface area (Å²) >= 11 is 0. The van der Waals surface area contributed by atoms with E-state index in [4.69, 9.17) is 9.94 Å². The van der Waals surface area contributed by atoms with Crippen LogP contribution in [0, 0.1) is 5.21 Å². The molecule has 0 aliphatic rings. The van der Waals surface area contributed by atoms with Crippen LogP contribution in [0.3, 0.4) is 0 Å². The van der Waals surface area contributed by atoms with Crippen LogP contribution in [-0.2, 0) is 0 Å². The van der Waals surface area contributed by atoms with Crippen molar-refractivity contribution in [1.82, 2.24) is 10.3 Å². The fraction of sp³-hybridized carbons (Fsp3) is 0.0769. The van der Waals surface area contributed by atoms with Gasteiger partial charge in [-0.1, -0.05) is 0 Å². The second-order valence-electron chi connectivity index (χ2n) is 4.28. The second-order valence-corrected chi connectivity index (χ2v) is 4.28. The third kappa shape index (κ3) is 2.50. The summed E-state index contributed by atoms with van der Waals surface area (Å²) in [6.45, 7) is 0. The Morgan fingerprint density at radius 1 is 1.14 bits per heavy atom. The number of hydrogen-bond donors (Lipinski definition) is 3. The van der Waals surface area contributed by atoms with Crippen LogP contribution in [0.5, 0.6) is 5.75 Å². The average molecular weight is 288 g/mol. The van der Waals surface area contributed by atoms with Crippen LogP contribution < -0.4 is 15.3 Å². The van der Waals surface area contributed by atoms with Crippen molar-refractivity contribution in [2.45, 2.75) is 0 Å². The average Bonchev–Trinajstić information content (AvgIpc) is 2.98. The molecule has 1 heterocycles. The van der Waals surface area contributed by atoms with Crippen molar-refractivity contribution in [3.63, 3.8) is 0 Å². The molecule has 0 spiro atoms. The lowest BCUT2D eigenvalue weighted by molar-refractivity contribution is -0.990. The zero-order chi connectivity index (χ0) is 14.8. The highest BCUT2D eigenvalue weighted by molar-refractivity contribution is 5.94. The Kier molecular flexibility index (Phi) is 3.40. The molecule has 2 aromatic carbocycles. The molecule has 1 aromatic heterocycles. The molecule has 1 unspecified atom stereocenters. The summed E-state index contributed by atoms with van der Waals surface area (Å²) in [5, 5.41) is 29.7. The topological polar surface area (TPSA) is 108 Å². The number of quaternary nitrogens is 1. The summed E-state index contributed by atoms with van der Waals surface area (Å²) in [5.74, 6) is 0.745. The van der Waals surface area contributed by atoms with Crippen LogP contribution in [0.15, 0.2) is 41.0 Å². The van der Waals surface area contributed by atoms with E-state index >= 15 is 0 Å². The fourth-order valence-electron chi connectivity index (χ4n) is 1.97. The van der Waals surface area contributed by atoms with Crippen molar-refractivity contribution in [2.24, 2.45) is 0 Å². The van der Waals surface area contributed by atoms with Gasteiger partial charge in [-0.15, -0.1) is 0 Å². The minimum absolute atomic E-state index is 0.0477. The third-order valence-electron chi connectivity index (χ3n) is 3.01. The van der Waals surface area contributed by atoms with Gasteiger partial charge in [0, 0.05) is 11.8 Å². The number of hydrogen-bond acceptors (Lipinski definition) is 7. The van der Waals surface area contributed by atoms with Gasteiger partial charge in [-0.25, -0.2) is 9.84 Å². The summed E-state index contributed by atoms with van der Waals surface area (Å²) in [6.07, 6.45) is 0. The van der Waals surface area contributed by atoms with Gasteiger partial charge >= 0.3 is 0 Å². The predicted molar refractivity (Wildman–Crippen MR) is 73.9 cm³/mol. The van der Waals surface area contributed by atoms with Crippen LogP contribution >= 0.6 is 0 Å². The zero-order valence-electron chi connectivity index (χ0n) is 11.0. The molecule has 0 saturated carbocycles. The lowest BCUT2D eigenvalue weighted by Gasteiger charge is -2.12. The number of aromatic nitrogens is 2. The van der Waals surface area contributed by atoms with E-state index in [1.807, 2.05) is 24.3 Å². The number of benzene rings is 2. The summed E-state index contributed by atoms with van der Waals surface area (Å²) in [4.78, 5) is 0. The van der Waals surface area contributed by atoms with E-state index in [0.717, 1.165) is 11.4 Å². The maximum atomic E-state index is 11.1. The van der Waals surface area contributed by atoms with Crippen molar-refractivity contribution in [3.8, 4) is 5.75 Å². The van der Waals surface area contributed by atoms with E-state index in [1.165, 1.54) is 6.07 Å². The van der Waals surface area contributed by atoms with E-state index < -0.39 is 5.23 Å². The summed E-state index contributed by atoms with van der Waals surface area (Å²) < 4.78 is 9.74.